The van der Waals surface area contributed by atoms with E-state index in [4.69, 9.17) is 22.1 Å². The molecular formula is C15H13BrClF2NO. The van der Waals surface area contributed by atoms with Crippen LogP contribution in [0.4, 0.5) is 8.78 Å². The van der Waals surface area contributed by atoms with Crippen molar-refractivity contribution < 1.29 is 13.5 Å². The van der Waals surface area contributed by atoms with Crippen molar-refractivity contribution in [2.75, 3.05) is 0 Å². The Bertz CT molecular complexity index is 641. The van der Waals surface area contributed by atoms with E-state index in [2.05, 4.69) is 15.9 Å². The Morgan fingerprint density at radius 3 is 2.38 bits per heavy atom. The molecule has 2 N–H and O–H groups in total. The first-order valence-electron chi connectivity index (χ1n) is 6.23. The van der Waals surface area contributed by atoms with Crippen molar-refractivity contribution in [3.8, 4) is 11.5 Å². The second-order valence-corrected chi connectivity index (χ2v) is 6.07. The third-order valence-corrected chi connectivity index (χ3v) is 3.51. The fraction of sp³-hybridized carbons (Fsp3) is 0.200. The van der Waals surface area contributed by atoms with Crippen LogP contribution in [0.5, 0.6) is 11.5 Å². The molecule has 0 amide bonds. The van der Waals surface area contributed by atoms with E-state index in [0.717, 1.165) is 4.47 Å². The summed E-state index contributed by atoms with van der Waals surface area (Å²) in [5, 5.41) is 0.253. The van der Waals surface area contributed by atoms with Gasteiger partial charge in [-0.3, -0.25) is 0 Å². The smallest absolute Gasteiger partial charge is 0.198 e. The molecule has 0 radical (unpaired) electrons. The number of benzene rings is 2. The Balaban J connectivity index is 2.32. The maximum absolute atomic E-state index is 14.0. The lowest BCUT2D eigenvalue weighted by atomic mass is 10.1. The molecule has 2 aromatic carbocycles. The van der Waals surface area contributed by atoms with Gasteiger partial charge in [0.25, 0.3) is 0 Å². The topological polar surface area (TPSA) is 35.2 Å². The SMILES string of the molecule is CC(N)Cc1cc(F)c(Oc2ccc(Br)cc2Cl)c(F)c1. The summed E-state index contributed by atoms with van der Waals surface area (Å²) in [6.07, 6.45) is 0.382. The van der Waals surface area contributed by atoms with Gasteiger partial charge in [0.05, 0.1) is 5.02 Å². The van der Waals surface area contributed by atoms with Gasteiger partial charge in [0.1, 0.15) is 5.75 Å². The Labute approximate surface area is 135 Å². The van der Waals surface area contributed by atoms with Crippen LogP contribution in [-0.4, -0.2) is 6.04 Å². The van der Waals surface area contributed by atoms with Crippen LogP contribution in [0.1, 0.15) is 12.5 Å². The third-order valence-electron chi connectivity index (χ3n) is 2.72. The van der Waals surface area contributed by atoms with Crippen molar-refractivity contribution in [1.82, 2.24) is 0 Å². The first-order chi connectivity index (χ1) is 9.86. The molecule has 1 atom stereocenters. The minimum Gasteiger partial charge on any atom is -0.450 e. The summed E-state index contributed by atoms with van der Waals surface area (Å²) in [5.74, 6) is -1.88. The van der Waals surface area contributed by atoms with Crippen molar-refractivity contribution in [3.05, 3.63) is 57.0 Å². The molecule has 6 heteroatoms. The van der Waals surface area contributed by atoms with E-state index in [1.807, 2.05) is 0 Å². The van der Waals surface area contributed by atoms with Gasteiger partial charge in [-0.2, -0.15) is 0 Å². The van der Waals surface area contributed by atoms with Gasteiger partial charge in [0.2, 0.25) is 0 Å². The number of ether oxygens (including phenoxy) is 1. The second kappa shape index (κ2) is 6.73. The Kier molecular flexibility index (Phi) is 5.19. The van der Waals surface area contributed by atoms with Crippen molar-refractivity contribution >= 4 is 27.5 Å². The minimum atomic E-state index is -0.787. The summed E-state index contributed by atoms with van der Waals surface area (Å²) >= 11 is 9.21. The van der Waals surface area contributed by atoms with Crippen LogP contribution in [0, 0.1) is 11.6 Å². The molecule has 0 aliphatic carbocycles. The lowest BCUT2D eigenvalue weighted by molar-refractivity contribution is 0.406. The van der Waals surface area contributed by atoms with Crippen molar-refractivity contribution in [2.45, 2.75) is 19.4 Å². The van der Waals surface area contributed by atoms with Gasteiger partial charge in [0, 0.05) is 10.5 Å². The van der Waals surface area contributed by atoms with Gasteiger partial charge in [0.15, 0.2) is 17.4 Å². The van der Waals surface area contributed by atoms with Crippen LogP contribution < -0.4 is 10.5 Å². The zero-order valence-corrected chi connectivity index (χ0v) is 13.5. The number of rotatable bonds is 4. The van der Waals surface area contributed by atoms with Crippen LogP contribution in [0.2, 0.25) is 5.02 Å². The molecule has 2 aromatic rings. The summed E-state index contributed by atoms with van der Waals surface area (Å²) in [7, 11) is 0. The van der Waals surface area contributed by atoms with Gasteiger partial charge >= 0.3 is 0 Å². The molecule has 0 saturated heterocycles. The second-order valence-electron chi connectivity index (χ2n) is 4.75. The van der Waals surface area contributed by atoms with E-state index >= 15 is 0 Å². The van der Waals surface area contributed by atoms with Crippen LogP contribution in [-0.2, 0) is 6.42 Å². The highest BCUT2D eigenvalue weighted by Gasteiger charge is 2.15. The van der Waals surface area contributed by atoms with Crippen molar-refractivity contribution in [3.63, 3.8) is 0 Å². The highest BCUT2D eigenvalue weighted by atomic mass is 79.9. The molecule has 2 rings (SSSR count). The zero-order chi connectivity index (χ0) is 15.6. The molecular weight excluding hydrogens is 364 g/mol. The lowest BCUT2D eigenvalue weighted by Crippen LogP contribution is -2.18. The first-order valence-corrected chi connectivity index (χ1v) is 7.40. The van der Waals surface area contributed by atoms with Crippen molar-refractivity contribution in [2.24, 2.45) is 5.73 Å². The van der Waals surface area contributed by atoms with E-state index in [-0.39, 0.29) is 16.8 Å². The Morgan fingerprint density at radius 1 is 1.24 bits per heavy atom. The molecule has 0 heterocycles. The number of nitrogens with two attached hydrogens (primary N) is 1. The zero-order valence-electron chi connectivity index (χ0n) is 11.2. The summed E-state index contributed by atoms with van der Waals surface area (Å²) in [6, 6.07) is 7.03. The fourth-order valence-electron chi connectivity index (χ4n) is 1.87. The molecule has 21 heavy (non-hydrogen) atoms. The van der Waals surface area contributed by atoms with Gasteiger partial charge in [-0.05, 0) is 49.2 Å². The lowest BCUT2D eigenvalue weighted by Gasteiger charge is -2.12. The van der Waals surface area contributed by atoms with E-state index < -0.39 is 17.4 Å². The Hall–Kier alpha value is -1.17. The number of hydrogen-bond donors (Lipinski definition) is 1. The molecule has 2 nitrogen and oxygen atoms in total. The van der Waals surface area contributed by atoms with E-state index in [1.165, 1.54) is 18.2 Å². The summed E-state index contributed by atoms with van der Waals surface area (Å²) in [6.45, 7) is 1.77. The molecule has 0 aromatic heterocycles. The highest BCUT2D eigenvalue weighted by molar-refractivity contribution is 9.10. The maximum atomic E-state index is 14.0. The van der Waals surface area contributed by atoms with Gasteiger partial charge in [-0.1, -0.05) is 27.5 Å². The van der Waals surface area contributed by atoms with E-state index in [1.54, 1.807) is 19.1 Å². The molecule has 112 valence electrons. The largest absolute Gasteiger partial charge is 0.450 e. The Morgan fingerprint density at radius 2 is 1.86 bits per heavy atom. The number of hydrogen-bond acceptors (Lipinski definition) is 2. The predicted octanol–water partition coefficient (Wildman–Crippen LogP) is 5.06. The molecule has 0 bridgehead atoms. The molecule has 0 saturated carbocycles. The average Bonchev–Trinajstić information content (AvgIpc) is 2.35. The highest BCUT2D eigenvalue weighted by Crippen LogP contribution is 2.34. The quantitative estimate of drug-likeness (QED) is 0.809. The van der Waals surface area contributed by atoms with Gasteiger partial charge in [-0.25, -0.2) is 8.78 Å². The van der Waals surface area contributed by atoms with E-state index in [0.29, 0.717) is 12.0 Å². The maximum Gasteiger partial charge on any atom is 0.198 e. The monoisotopic (exact) mass is 375 g/mol. The summed E-state index contributed by atoms with van der Waals surface area (Å²) in [4.78, 5) is 0. The van der Waals surface area contributed by atoms with Crippen LogP contribution in [0.15, 0.2) is 34.8 Å². The van der Waals surface area contributed by atoms with Gasteiger partial charge in [-0.15, -0.1) is 0 Å². The average molecular weight is 377 g/mol. The first kappa shape index (κ1) is 16.2. The molecule has 0 aliphatic rings. The molecule has 0 spiro atoms. The standard InChI is InChI=1S/C15H13BrClF2NO/c1-8(20)4-9-5-12(18)15(13(19)6-9)21-14-3-2-10(16)7-11(14)17/h2-3,5-8H,4,20H2,1H3. The third kappa shape index (κ3) is 4.15. The van der Waals surface area contributed by atoms with Crippen LogP contribution >= 0.6 is 27.5 Å². The number of halogens is 4. The minimum absolute atomic E-state index is 0.178. The molecule has 1 unspecified atom stereocenters. The molecule has 0 aliphatic heterocycles. The van der Waals surface area contributed by atoms with Crippen LogP contribution in [0.3, 0.4) is 0 Å². The van der Waals surface area contributed by atoms with Crippen LogP contribution in [0.25, 0.3) is 0 Å². The molecule has 0 fully saturated rings. The van der Waals surface area contributed by atoms with Gasteiger partial charge < -0.3 is 10.5 Å². The predicted molar refractivity (Wildman–Crippen MR) is 82.9 cm³/mol. The van der Waals surface area contributed by atoms with E-state index in [9.17, 15) is 8.78 Å². The summed E-state index contributed by atoms with van der Waals surface area (Å²) in [5.41, 5.74) is 6.10. The fourth-order valence-corrected chi connectivity index (χ4v) is 2.58. The normalized spacial score (nSPS) is 12.3. The van der Waals surface area contributed by atoms with Crippen molar-refractivity contribution in [1.29, 1.82) is 0 Å². The summed E-state index contributed by atoms with van der Waals surface area (Å²) < 4.78 is 34.0.